The van der Waals surface area contributed by atoms with Gasteiger partial charge in [-0.2, -0.15) is 0 Å². The normalized spacial score (nSPS) is 11.1. The molecule has 1 aromatic heterocycles. The number of carboxylic acids is 1. The first-order chi connectivity index (χ1) is 12.2. The van der Waals surface area contributed by atoms with Gasteiger partial charge in [0.25, 0.3) is 5.91 Å². The van der Waals surface area contributed by atoms with E-state index in [-0.39, 0.29) is 12.5 Å². The third kappa shape index (κ3) is 4.81. The van der Waals surface area contributed by atoms with E-state index >= 15 is 0 Å². The molecule has 2 rings (SSSR count). The second-order valence-electron chi connectivity index (χ2n) is 6.96. The quantitative estimate of drug-likeness (QED) is 0.796. The Morgan fingerprint density at radius 1 is 1.23 bits per heavy atom. The minimum atomic E-state index is -1.02. The van der Waals surface area contributed by atoms with Gasteiger partial charge in [-0.3, -0.25) is 14.6 Å². The van der Waals surface area contributed by atoms with Crippen molar-refractivity contribution in [2.75, 3.05) is 6.54 Å². The monoisotopic (exact) mass is 356 g/mol. The fourth-order valence-electron chi connectivity index (χ4n) is 2.43. The summed E-state index contributed by atoms with van der Waals surface area (Å²) in [6, 6.07) is 7.28. The summed E-state index contributed by atoms with van der Waals surface area (Å²) in [5.74, 6) is -0.523. The highest BCUT2D eigenvalue weighted by Crippen LogP contribution is 2.26. The molecule has 0 saturated heterocycles. The summed E-state index contributed by atoms with van der Waals surface area (Å²) in [7, 11) is 0. The first-order valence-electron chi connectivity index (χ1n) is 8.35. The van der Waals surface area contributed by atoms with Crippen molar-refractivity contribution in [2.24, 2.45) is 5.41 Å². The predicted octanol–water partition coefficient (Wildman–Crippen LogP) is 3.12. The molecule has 2 N–H and O–H groups in total. The average Bonchev–Trinajstić information content (AvgIpc) is 2.59. The number of aliphatic carboxylic acids is 1. The second-order valence-corrected chi connectivity index (χ2v) is 6.96. The Bertz CT molecular complexity index is 778. The van der Waals surface area contributed by atoms with E-state index in [0.717, 1.165) is 22.4 Å². The number of rotatable bonds is 7. The van der Waals surface area contributed by atoms with Crippen molar-refractivity contribution >= 4 is 11.9 Å². The number of carbonyl (C=O) groups is 2. The lowest BCUT2D eigenvalue weighted by atomic mass is 9.93. The summed E-state index contributed by atoms with van der Waals surface area (Å²) in [5.41, 5.74) is 2.11. The largest absolute Gasteiger partial charge is 0.488 e. The van der Waals surface area contributed by atoms with E-state index < -0.39 is 11.4 Å². The van der Waals surface area contributed by atoms with E-state index in [9.17, 15) is 9.59 Å². The number of benzene rings is 1. The molecule has 6 heteroatoms. The van der Waals surface area contributed by atoms with E-state index in [1.54, 1.807) is 38.4 Å². The zero-order valence-corrected chi connectivity index (χ0v) is 15.5. The molecule has 0 aliphatic carbocycles. The first-order valence-corrected chi connectivity index (χ1v) is 8.35. The lowest BCUT2D eigenvalue weighted by molar-refractivity contribution is -0.146. The van der Waals surface area contributed by atoms with Crippen molar-refractivity contribution in [1.29, 1.82) is 0 Å². The average molecular weight is 356 g/mol. The lowest BCUT2D eigenvalue weighted by Gasteiger charge is -2.20. The second kappa shape index (κ2) is 7.99. The molecule has 1 amide bonds. The molecule has 6 nitrogen and oxygen atoms in total. The summed E-state index contributed by atoms with van der Waals surface area (Å²) < 4.78 is 5.88. The highest BCUT2D eigenvalue weighted by atomic mass is 16.5. The minimum absolute atomic E-state index is 0.0541. The predicted molar refractivity (Wildman–Crippen MR) is 98.2 cm³/mol. The Labute approximate surface area is 153 Å². The minimum Gasteiger partial charge on any atom is -0.488 e. The molecular formula is C20H24N2O4. The molecule has 0 spiro atoms. The van der Waals surface area contributed by atoms with Crippen LogP contribution in [0.4, 0.5) is 0 Å². The molecule has 0 radical (unpaired) electrons. The molecular weight excluding hydrogens is 332 g/mol. The number of nitrogens with zero attached hydrogens (tertiary/aromatic N) is 1. The molecule has 0 atom stereocenters. The van der Waals surface area contributed by atoms with E-state index in [1.165, 1.54) is 0 Å². The number of pyridine rings is 1. The SMILES string of the molecule is Cc1cc(C(=O)NCC(C)(C)C(=O)O)cc(C)c1OCc1cccnc1. The molecule has 2 aromatic rings. The number of nitrogens with one attached hydrogen (secondary N) is 1. The van der Waals surface area contributed by atoms with Crippen LogP contribution in [0.25, 0.3) is 0 Å². The van der Waals surface area contributed by atoms with Crippen LogP contribution in [0, 0.1) is 19.3 Å². The molecule has 138 valence electrons. The molecule has 0 saturated carbocycles. The van der Waals surface area contributed by atoms with Crippen LogP contribution in [-0.2, 0) is 11.4 Å². The summed E-state index contributed by atoms with van der Waals surface area (Å²) in [6.07, 6.45) is 3.45. The van der Waals surface area contributed by atoms with Crippen molar-refractivity contribution in [3.8, 4) is 5.75 Å². The van der Waals surface area contributed by atoms with Gasteiger partial charge in [0.05, 0.1) is 5.41 Å². The molecule has 0 fully saturated rings. The van der Waals surface area contributed by atoms with E-state index in [4.69, 9.17) is 9.84 Å². The zero-order chi connectivity index (χ0) is 19.3. The summed E-state index contributed by atoms with van der Waals surface area (Å²) >= 11 is 0. The van der Waals surface area contributed by atoms with Crippen LogP contribution in [0.15, 0.2) is 36.7 Å². The number of hydrogen-bond acceptors (Lipinski definition) is 4. The molecule has 0 aliphatic heterocycles. The Hall–Kier alpha value is -2.89. The van der Waals surface area contributed by atoms with Gasteiger partial charge < -0.3 is 15.2 Å². The maximum Gasteiger partial charge on any atom is 0.310 e. The van der Waals surface area contributed by atoms with Gasteiger partial charge in [-0.05, 0) is 57.0 Å². The van der Waals surface area contributed by atoms with Crippen LogP contribution >= 0.6 is 0 Å². The third-order valence-corrected chi connectivity index (χ3v) is 4.10. The van der Waals surface area contributed by atoms with Gasteiger partial charge in [0.15, 0.2) is 0 Å². The standard InChI is InChI=1S/C20H24N2O4/c1-13-8-16(18(23)22-12-20(3,4)19(24)25)9-14(2)17(13)26-11-15-6-5-7-21-10-15/h5-10H,11-12H2,1-4H3,(H,22,23)(H,24,25). The Morgan fingerprint density at radius 2 is 1.88 bits per heavy atom. The van der Waals surface area contributed by atoms with E-state index in [0.29, 0.717) is 12.2 Å². The maximum atomic E-state index is 12.4. The van der Waals surface area contributed by atoms with E-state index in [2.05, 4.69) is 10.3 Å². The molecule has 0 aliphatic rings. The van der Waals surface area contributed by atoms with Crippen LogP contribution < -0.4 is 10.1 Å². The number of amides is 1. The smallest absolute Gasteiger partial charge is 0.310 e. The first kappa shape index (κ1) is 19.4. The number of aromatic nitrogens is 1. The highest BCUT2D eigenvalue weighted by molar-refractivity contribution is 5.95. The molecule has 0 unspecified atom stereocenters. The fourth-order valence-corrected chi connectivity index (χ4v) is 2.43. The summed E-state index contributed by atoms with van der Waals surface area (Å²) in [5, 5.41) is 11.8. The number of carbonyl (C=O) groups excluding carboxylic acids is 1. The number of ether oxygens (including phenoxy) is 1. The van der Waals surface area contributed by atoms with Gasteiger partial charge in [0, 0.05) is 30.1 Å². The van der Waals surface area contributed by atoms with Gasteiger partial charge in [-0.25, -0.2) is 0 Å². The van der Waals surface area contributed by atoms with E-state index in [1.807, 2.05) is 26.0 Å². The van der Waals surface area contributed by atoms with Crippen molar-refractivity contribution in [3.05, 3.63) is 58.9 Å². The van der Waals surface area contributed by atoms with Crippen molar-refractivity contribution in [1.82, 2.24) is 10.3 Å². The molecule has 26 heavy (non-hydrogen) atoms. The fraction of sp³-hybridized carbons (Fsp3) is 0.350. The summed E-state index contributed by atoms with van der Waals surface area (Å²) in [6.45, 7) is 7.35. The van der Waals surface area contributed by atoms with Crippen LogP contribution in [0.2, 0.25) is 0 Å². The maximum absolute atomic E-state index is 12.4. The Morgan fingerprint density at radius 3 is 2.42 bits per heavy atom. The Kier molecular flexibility index (Phi) is 5.97. The third-order valence-electron chi connectivity index (χ3n) is 4.10. The van der Waals surface area contributed by atoms with Crippen molar-refractivity contribution < 1.29 is 19.4 Å². The van der Waals surface area contributed by atoms with Crippen molar-refractivity contribution in [2.45, 2.75) is 34.3 Å². The topological polar surface area (TPSA) is 88.5 Å². The van der Waals surface area contributed by atoms with Gasteiger partial charge in [-0.1, -0.05) is 6.07 Å². The van der Waals surface area contributed by atoms with Gasteiger partial charge in [-0.15, -0.1) is 0 Å². The van der Waals surface area contributed by atoms with Crippen LogP contribution in [0.5, 0.6) is 5.75 Å². The number of carboxylic acid groups (broad SMARTS) is 1. The van der Waals surface area contributed by atoms with Crippen LogP contribution in [-0.4, -0.2) is 28.5 Å². The van der Waals surface area contributed by atoms with Crippen LogP contribution in [0.1, 0.15) is 40.9 Å². The van der Waals surface area contributed by atoms with Gasteiger partial charge in [0.2, 0.25) is 0 Å². The van der Waals surface area contributed by atoms with Gasteiger partial charge in [0.1, 0.15) is 12.4 Å². The lowest BCUT2D eigenvalue weighted by Crippen LogP contribution is -2.38. The highest BCUT2D eigenvalue weighted by Gasteiger charge is 2.27. The van der Waals surface area contributed by atoms with Gasteiger partial charge >= 0.3 is 5.97 Å². The van der Waals surface area contributed by atoms with Crippen LogP contribution in [0.3, 0.4) is 0 Å². The molecule has 0 bridgehead atoms. The van der Waals surface area contributed by atoms with Crippen molar-refractivity contribution in [3.63, 3.8) is 0 Å². The Balaban J connectivity index is 2.08. The molecule has 1 aromatic carbocycles. The zero-order valence-electron chi connectivity index (χ0n) is 15.5. The number of aryl methyl sites for hydroxylation is 2. The summed E-state index contributed by atoms with van der Waals surface area (Å²) in [4.78, 5) is 27.6. The number of hydrogen-bond donors (Lipinski definition) is 2. The molecule has 1 heterocycles.